The molecule has 0 radical (unpaired) electrons. The van der Waals surface area contributed by atoms with E-state index in [2.05, 4.69) is 13.8 Å². The van der Waals surface area contributed by atoms with Crippen molar-refractivity contribution in [3.63, 3.8) is 0 Å². The standard InChI is InChI=1S/C10H22O/c1-4-9(5-2)7-8-10(11)6-3/h9-11H,4-8H2,1-3H3. The van der Waals surface area contributed by atoms with Crippen molar-refractivity contribution in [2.45, 2.75) is 59.0 Å². The lowest BCUT2D eigenvalue weighted by atomic mass is 9.95. The summed E-state index contributed by atoms with van der Waals surface area (Å²) in [6.07, 6.45) is 5.54. The molecule has 0 aliphatic heterocycles. The van der Waals surface area contributed by atoms with Gasteiger partial charge in [0.1, 0.15) is 0 Å². The largest absolute Gasteiger partial charge is 0.393 e. The Bertz CT molecular complexity index is 76.9. The Balaban J connectivity index is 3.34. The molecule has 11 heavy (non-hydrogen) atoms. The van der Waals surface area contributed by atoms with E-state index < -0.39 is 0 Å². The Morgan fingerprint density at radius 3 is 1.82 bits per heavy atom. The zero-order valence-electron chi connectivity index (χ0n) is 8.14. The molecule has 0 rings (SSSR count). The predicted octanol–water partition coefficient (Wildman–Crippen LogP) is 2.97. The van der Waals surface area contributed by atoms with Gasteiger partial charge in [0.05, 0.1) is 6.10 Å². The van der Waals surface area contributed by atoms with Crippen molar-refractivity contribution in [3.05, 3.63) is 0 Å². The minimum atomic E-state index is -0.0596. The summed E-state index contributed by atoms with van der Waals surface area (Å²) in [5.74, 6) is 0.830. The van der Waals surface area contributed by atoms with E-state index in [-0.39, 0.29) is 6.10 Å². The molecule has 0 amide bonds. The normalized spacial score (nSPS) is 13.9. The van der Waals surface area contributed by atoms with E-state index in [0.717, 1.165) is 18.8 Å². The van der Waals surface area contributed by atoms with Gasteiger partial charge in [-0.1, -0.05) is 33.6 Å². The van der Waals surface area contributed by atoms with Gasteiger partial charge in [-0.2, -0.15) is 0 Å². The van der Waals surface area contributed by atoms with E-state index in [1.165, 1.54) is 19.3 Å². The molecule has 0 aromatic heterocycles. The van der Waals surface area contributed by atoms with Gasteiger partial charge < -0.3 is 5.11 Å². The van der Waals surface area contributed by atoms with Crippen molar-refractivity contribution >= 4 is 0 Å². The maximum absolute atomic E-state index is 9.30. The summed E-state index contributed by atoms with van der Waals surface area (Å²) in [4.78, 5) is 0. The fourth-order valence-electron chi connectivity index (χ4n) is 1.33. The fraction of sp³-hybridized carbons (Fsp3) is 1.00. The van der Waals surface area contributed by atoms with Crippen LogP contribution in [-0.4, -0.2) is 11.2 Å². The predicted molar refractivity (Wildman–Crippen MR) is 49.6 cm³/mol. The molecule has 1 heteroatoms. The molecule has 0 saturated carbocycles. The molecule has 1 unspecified atom stereocenters. The van der Waals surface area contributed by atoms with Crippen LogP contribution in [0.3, 0.4) is 0 Å². The van der Waals surface area contributed by atoms with Gasteiger partial charge in [0.2, 0.25) is 0 Å². The van der Waals surface area contributed by atoms with Crippen LogP contribution in [0.5, 0.6) is 0 Å². The molecule has 0 saturated heterocycles. The average Bonchev–Trinajstić information content (AvgIpc) is 2.06. The highest BCUT2D eigenvalue weighted by atomic mass is 16.3. The third-order valence-corrected chi connectivity index (χ3v) is 2.53. The lowest BCUT2D eigenvalue weighted by Crippen LogP contribution is -2.07. The van der Waals surface area contributed by atoms with E-state index >= 15 is 0 Å². The summed E-state index contributed by atoms with van der Waals surface area (Å²) < 4.78 is 0. The van der Waals surface area contributed by atoms with E-state index in [9.17, 15) is 5.11 Å². The van der Waals surface area contributed by atoms with Crippen LogP contribution >= 0.6 is 0 Å². The van der Waals surface area contributed by atoms with Gasteiger partial charge in [0.25, 0.3) is 0 Å². The monoisotopic (exact) mass is 158 g/mol. The highest BCUT2D eigenvalue weighted by Gasteiger charge is 2.06. The Hall–Kier alpha value is -0.0400. The summed E-state index contributed by atoms with van der Waals surface area (Å²) in [6.45, 7) is 6.50. The first-order valence-corrected chi connectivity index (χ1v) is 4.92. The third kappa shape index (κ3) is 5.25. The number of rotatable bonds is 6. The van der Waals surface area contributed by atoms with Crippen LogP contribution < -0.4 is 0 Å². The van der Waals surface area contributed by atoms with E-state index in [1.54, 1.807) is 0 Å². The minimum Gasteiger partial charge on any atom is -0.393 e. The molecule has 0 bridgehead atoms. The van der Waals surface area contributed by atoms with Crippen LogP contribution in [0.15, 0.2) is 0 Å². The molecule has 1 nitrogen and oxygen atoms in total. The van der Waals surface area contributed by atoms with Crippen LogP contribution in [0.25, 0.3) is 0 Å². The summed E-state index contributed by atoms with van der Waals surface area (Å²) in [7, 11) is 0. The fourth-order valence-corrected chi connectivity index (χ4v) is 1.33. The maximum Gasteiger partial charge on any atom is 0.0537 e. The van der Waals surface area contributed by atoms with E-state index in [0.29, 0.717) is 0 Å². The molecule has 0 fully saturated rings. The summed E-state index contributed by atoms with van der Waals surface area (Å²) in [6, 6.07) is 0. The molecular weight excluding hydrogens is 136 g/mol. The van der Waals surface area contributed by atoms with Crippen molar-refractivity contribution < 1.29 is 5.11 Å². The molecule has 0 heterocycles. The second-order valence-corrected chi connectivity index (χ2v) is 3.32. The molecule has 68 valence electrons. The molecule has 1 N–H and O–H groups in total. The summed E-state index contributed by atoms with van der Waals surface area (Å²) >= 11 is 0. The summed E-state index contributed by atoms with van der Waals surface area (Å²) in [5, 5.41) is 9.30. The van der Waals surface area contributed by atoms with E-state index in [4.69, 9.17) is 0 Å². The molecule has 0 aromatic rings. The van der Waals surface area contributed by atoms with Crippen molar-refractivity contribution in [1.29, 1.82) is 0 Å². The van der Waals surface area contributed by atoms with Gasteiger partial charge in [0, 0.05) is 0 Å². The quantitative estimate of drug-likeness (QED) is 0.630. The smallest absolute Gasteiger partial charge is 0.0537 e. The van der Waals surface area contributed by atoms with Crippen LogP contribution in [-0.2, 0) is 0 Å². The first-order valence-electron chi connectivity index (χ1n) is 4.92. The average molecular weight is 158 g/mol. The first-order chi connectivity index (χ1) is 5.24. The second kappa shape index (κ2) is 6.66. The van der Waals surface area contributed by atoms with Gasteiger partial charge in [-0.3, -0.25) is 0 Å². The molecule has 1 atom stereocenters. The molecule has 0 aliphatic carbocycles. The van der Waals surface area contributed by atoms with Crippen molar-refractivity contribution in [2.75, 3.05) is 0 Å². The van der Waals surface area contributed by atoms with Crippen LogP contribution in [0.4, 0.5) is 0 Å². The second-order valence-electron chi connectivity index (χ2n) is 3.32. The SMILES string of the molecule is CCC(O)CCC(CC)CC. The zero-order valence-corrected chi connectivity index (χ0v) is 8.14. The zero-order chi connectivity index (χ0) is 8.69. The lowest BCUT2D eigenvalue weighted by molar-refractivity contribution is 0.149. The number of hydrogen-bond acceptors (Lipinski definition) is 1. The van der Waals surface area contributed by atoms with Gasteiger partial charge in [-0.05, 0) is 25.2 Å². The Labute approximate surface area is 70.8 Å². The van der Waals surface area contributed by atoms with Crippen LogP contribution in [0, 0.1) is 5.92 Å². The minimum absolute atomic E-state index is 0.0596. The van der Waals surface area contributed by atoms with Gasteiger partial charge >= 0.3 is 0 Å². The van der Waals surface area contributed by atoms with Crippen molar-refractivity contribution in [3.8, 4) is 0 Å². The Kier molecular flexibility index (Phi) is 6.63. The summed E-state index contributed by atoms with van der Waals surface area (Å²) in [5.41, 5.74) is 0. The van der Waals surface area contributed by atoms with Crippen molar-refractivity contribution in [1.82, 2.24) is 0 Å². The Morgan fingerprint density at radius 2 is 1.45 bits per heavy atom. The van der Waals surface area contributed by atoms with Gasteiger partial charge in [-0.25, -0.2) is 0 Å². The molecule has 0 spiro atoms. The van der Waals surface area contributed by atoms with Crippen LogP contribution in [0.2, 0.25) is 0 Å². The van der Waals surface area contributed by atoms with Crippen LogP contribution in [0.1, 0.15) is 52.9 Å². The Morgan fingerprint density at radius 1 is 0.909 bits per heavy atom. The maximum atomic E-state index is 9.30. The molecule has 0 aromatic carbocycles. The third-order valence-electron chi connectivity index (χ3n) is 2.53. The molecule has 0 aliphatic rings. The first kappa shape index (κ1) is 11.0. The number of aliphatic hydroxyl groups excluding tert-OH is 1. The number of aliphatic hydroxyl groups is 1. The topological polar surface area (TPSA) is 20.2 Å². The van der Waals surface area contributed by atoms with E-state index in [1.807, 2.05) is 6.92 Å². The molecular formula is C10H22O. The lowest BCUT2D eigenvalue weighted by Gasteiger charge is -2.13. The van der Waals surface area contributed by atoms with Crippen molar-refractivity contribution in [2.24, 2.45) is 5.92 Å². The highest BCUT2D eigenvalue weighted by Crippen LogP contribution is 2.16. The van der Waals surface area contributed by atoms with Gasteiger partial charge in [0.15, 0.2) is 0 Å². The van der Waals surface area contributed by atoms with Gasteiger partial charge in [-0.15, -0.1) is 0 Å². The number of hydrogen-bond donors (Lipinski definition) is 1. The highest BCUT2D eigenvalue weighted by molar-refractivity contribution is 4.59.